The summed E-state index contributed by atoms with van der Waals surface area (Å²) in [6, 6.07) is 12.9. The maximum Gasteiger partial charge on any atom is 0.221 e. The van der Waals surface area contributed by atoms with Crippen LogP contribution in [0.5, 0.6) is 5.75 Å². The molecule has 1 amide bonds. The lowest BCUT2D eigenvalue weighted by molar-refractivity contribution is -0.114. The first-order valence-electron chi connectivity index (χ1n) is 6.06. The molecule has 0 bridgehead atoms. The van der Waals surface area contributed by atoms with E-state index in [1.807, 2.05) is 30.3 Å². The zero-order valence-corrected chi connectivity index (χ0v) is 12.0. The molecule has 0 aromatic heterocycles. The number of amides is 1. The van der Waals surface area contributed by atoms with Crippen molar-refractivity contribution in [3.63, 3.8) is 0 Å². The molecule has 0 aliphatic rings. The summed E-state index contributed by atoms with van der Waals surface area (Å²) in [5, 5.41) is 6.49. The monoisotopic (exact) mass is 290 g/mol. The predicted octanol–water partition coefficient (Wildman–Crippen LogP) is 4.05. The Balaban J connectivity index is 2.10. The van der Waals surface area contributed by atoms with Gasteiger partial charge in [-0.1, -0.05) is 11.6 Å². The van der Waals surface area contributed by atoms with Crippen LogP contribution in [-0.2, 0) is 4.79 Å². The van der Waals surface area contributed by atoms with Crippen molar-refractivity contribution in [2.24, 2.45) is 0 Å². The van der Waals surface area contributed by atoms with Gasteiger partial charge in [0.1, 0.15) is 5.75 Å². The van der Waals surface area contributed by atoms with Gasteiger partial charge >= 0.3 is 0 Å². The minimum atomic E-state index is -0.0901. The number of ether oxygens (including phenoxy) is 1. The number of rotatable bonds is 4. The second-order valence-electron chi connectivity index (χ2n) is 4.23. The molecular weight excluding hydrogens is 276 g/mol. The van der Waals surface area contributed by atoms with E-state index in [1.165, 1.54) is 6.92 Å². The quantitative estimate of drug-likeness (QED) is 0.893. The molecule has 0 atom stereocenters. The Bertz CT molecular complexity index is 612. The van der Waals surface area contributed by atoms with E-state index in [2.05, 4.69) is 10.6 Å². The lowest BCUT2D eigenvalue weighted by atomic mass is 10.2. The summed E-state index contributed by atoms with van der Waals surface area (Å²) in [7, 11) is 1.58. The average molecular weight is 291 g/mol. The number of carbonyl (C=O) groups excluding carboxylic acids is 1. The van der Waals surface area contributed by atoms with Crippen LogP contribution in [0.2, 0.25) is 5.02 Å². The van der Waals surface area contributed by atoms with Crippen LogP contribution in [0.15, 0.2) is 42.5 Å². The zero-order valence-electron chi connectivity index (χ0n) is 11.2. The van der Waals surface area contributed by atoms with Crippen molar-refractivity contribution < 1.29 is 9.53 Å². The molecule has 20 heavy (non-hydrogen) atoms. The Hall–Kier alpha value is -2.20. The van der Waals surface area contributed by atoms with Gasteiger partial charge in [-0.05, 0) is 42.5 Å². The molecule has 104 valence electrons. The molecule has 2 N–H and O–H groups in total. The highest BCUT2D eigenvalue weighted by Gasteiger charge is 2.02. The number of halogens is 1. The van der Waals surface area contributed by atoms with Gasteiger partial charge in [0.05, 0.1) is 12.1 Å². The van der Waals surface area contributed by atoms with Crippen LogP contribution in [0.1, 0.15) is 6.92 Å². The summed E-state index contributed by atoms with van der Waals surface area (Å²) in [5.74, 6) is 0.547. The Labute approximate surface area is 122 Å². The van der Waals surface area contributed by atoms with E-state index < -0.39 is 0 Å². The highest BCUT2D eigenvalue weighted by atomic mass is 35.5. The largest absolute Gasteiger partial charge is 0.495 e. The molecule has 2 aromatic rings. The van der Waals surface area contributed by atoms with Gasteiger partial charge < -0.3 is 15.4 Å². The molecule has 4 nitrogen and oxygen atoms in total. The second kappa shape index (κ2) is 6.30. The molecular formula is C15H15ClN2O2. The standard InChI is InChI=1S/C15H15ClN2O2/c1-10(19)17-11-3-5-12(6-4-11)18-13-7-8-15(20-2)14(16)9-13/h3-9,18H,1-2H3,(H,17,19). The van der Waals surface area contributed by atoms with Gasteiger partial charge in [0.15, 0.2) is 0 Å². The maximum absolute atomic E-state index is 10.9. The van der Waals surface area contributed by atoms with E-state index in [0.29, 0.717) is 10.8 Å². The van der Waals surface area contributed by atoms with Crippen molar-refractivity contribution in [2.75, 3.05) is 17.7 Å². The van der Waals surface area contributed by atoms with Gasteiger partial charge in [-0.25, -0.2) is 0 Å². The second-order valence-corrected chi connectivity index (χ2v) is 4.64. The van der Waals surface area contributed by atoms with Crippen molar-refractivity contribution in [2.45, 2.75) is 6.92 Å². The van der Waals surface area contributed by atoms with Crippen LogP contribution in [0, 0.1) is 0 Å². The summed E-state index contributed by atoms with van der Waals surface area (Å²) >= 11 is 6.07. The number of methoxy groups -OCH3 is 1. The first-order valence-corrected chi connectivity index (χ1v) is 6.44. The SMILES string of the molecule is COc1ccc(Nc2ccc(NC(C)=O)cc2)cc1Cl. The summed E-state index contributed by atoms with van der Waals surface area (Å²) in [6.07, 6.45) is 0. The highest BCUT2D eigenvalue weighted by Crippen LogP contribution is 2.29. The van der Waals surface area contributed by atoms with Crippen molar-refractivity contribution in [3.05, 3.63) is 47.5 Å². The molecule has 0 aliphatic carbocycles. The van der Waals surface area contributed by atoms with Gasteiger partial charge in [-0.3, -0.25) is 4.79 Å². The smallest absolute Gasteiger partial charge is 0.221 e. The van der Waals surface area contributed by atoms with Crippen LogP contribution >= 0.6 is 11.6 Å². The molecule has 0 aliphatic heterocycles. The Morgan fingerprint density at radius 1 is 1.05 bits per heavy atom. The summed E-state index contributed by atoms with van der Waals surface area (Å²) < 4.78 is 5.10. The van der Waals surface area contributed by atoms with E-state index in [0.717, 1.165) is 17.1 Å². The summed E-state index contributed by atoms with van der Waals surface area (Å²) in [4.78, 5) is 10.9. The number of hydrogen-bond donors (Lipinski definition) is 2. The van der Waals surface area contributed by atoms with Crippen LogP contribution < -0.4 is 15.4 Å². The molecule has 0 unspecified atom stereocenters. The van der Waals surface area contributed by atoms with Gasteiger partial charge in [0, 0.05) is 24.0 Å². The molecule has 0 heterocycles. The summed E-state index contributed by atoms with van der Waals surface area (Å²) in [5.41, 5.74) is 2.53. The lowest BCUT2D eigenvalue weighted by Crippen LogP contribution is -2.05. The fourth-order valence-electron chi connectivity index (χ4n) is 1.75. The van der Waals surface area contributed by atoms with E-state index in [9.17, 15) is 4.79 Å². The average Bonchev–Trinajstić information content (AvgIpc) is 2.41. The molecule has 0 spiro atoms. The van der Waals surface area contributed by atoms with Crippen molar-refractivity contribution in [1.82, 2.24) is 0 Å². The Morgan fingerprint density at radius 3 is 2.20 bits per heavy atom. The van der Waals surface area contributed by atoms with E-state index in [-0.39, 0.29) is 5.91 Å². The topological polar surface area (TPSA) is 50.4 Å². The molecule has 0 fully saturated rings. The van der Waals surface area contributed by atoms with Crippen LogP contribution in [0.4, 0.5) is 17.1 Å². The molecule has 2 rings (SSSR count). The predicted molar refractivity (Wildman–Crippen MR) is 82.0 cm³/mol. The first-order chi connectivity index (χ1) is 9.58. The van der Waals surface area contributed by atoms with Gasteiger partial charge in [-0.15, -0.1) is 0 Å². The van der Waals surface area contributed by atoms with Gasteiger partial charge in [-0.2, -0.15) is 0 Å². The molecule has 2 aromatic carbocycles. The molecule has 5 heteroatoms. The van der Waals surface area contributed by atoms with Crippen molar-refractivity contribution in [1.29, 1.82) is 0 Å². The molecule has 0 saturated carbocycles. The third-order valence-electron chi connectivity index (χ3n) is 2.65. The van der Waals surface area contributed by atoms with Crippen molar-refractivity contribution >= 4 is 34.6 Å². The van der Waals surface area contributed by atoms with Gasteiger partial charge in [0.25, 0.3) is 0 Å². The van der Waals surface area contributed by atoms with E-state index >= 15 is 0 Å². The first kappa shape index (κ1) is 14.2. The number of nitrogens with one attached hydrogen (secondary N) is 2. The minimum Gasteiger partial charge on any atom is -0.495 e. The zero-order chi connectivity index (χ0) is 14.5. The number of carbonyl (C=O) groups is 1. The fourth-order valence-corrected chi connectivity index (χ4v) is 2.01. The maximum atomic E-state index is 10.9. The normalized spacial score (nSPS) is 9.95. The van der Waals surface area contributed by atoms with Crippen LogP contribution in [-0.4, -0.2) is 13.0 Å². The molecule has 0 saturated heterocycles. The van der Waals surface area contributed by atoms with Crippen LogP contribution in [0.25, 0.3) is 0 Å². The van der Waals surface area contributed by atoms with Gasteiger partial charge in [0.2, 0.25) is 5.91 Å². The van der Waals surface area contributed by atoms with E-state index in [4.69, 9.17) is 16.3 Å². The highest BCUT2D eigenvalue weighted by molar-refractivity contribution is 6.32. The summed E-state index contributed by atoms with van der Waals surface area (Å²) in [6.45, 7) is 1.48. The Morgan fingerprint density at radius 2 is 1.65 bits per heavy atom. The third-order valence-corrected chi connectivity index (χ3v) is 2.94. The number of hydrogen-bond acceptors (Lipinski definition) is 3. The lowest BCUT2D eigenvalue weighted by Gasteiger charge is -2.10. The number of benzene rings is 2. The fraction of sp³-hybridized carbons (Fsp3) is 0.133. The molecule has 0 radical (unpaired) electrons. The minimum absolute atomic E-state index is 0.0901. The Kier molecular flexibility index (Phi) is 4.48. The van der Waals surface area contributed by atoms with Crippen molar-refractivity contribution in [3.8, 4) is 5.75 Å². The number of anilines is 3. The van der Waals surface area contributed by atoms with E-state index in [1.54, 1.807) is 19.2 Å². The third kappa shape index (κ3) is 3.65. The van der Waals surface area contributed by atoms with Crippen LogP contribution in [0.3, 0.4) is 0 Å².